The van der Waals surface area contributed by atoms with Gasteiger partial charge in [0.15, 0.2) is 5.78 Å². The summed E-state index contributed by atoms with van der Waals surface area (Å²) in [6, 6.07) is 0. The van der Waals surface area contributed by atoms with Crippen LogP contribution in [0.15, 0.2) is 22.8 Å². The van der Waals surface area contributed by atoms with E-state index in [1.54, 1.807) is 0 Å². The highest BCUT2D eigenvalue weighted by atomic mass is 16.5. The summed E-state index contributed by atoms with van der Waals surface area (Å²) in [6.07, 6.45) is 7.53. The lowest BCUT2D eigenvalue weighted by molar-refractivity contribution is -0.150. The molecular weight excluding hydrogens is 276 g/mol. The second-order valence-corrected chi connectivity index (χ2v) is 7.16. The molecule has 0 aliphatic heterocycles. The van der Waals surface area contributed by atoms with Crippen LogP contribution in [0.3, 0.4) is 0 Å². The number of ether oxygens (including phenoxy) is 1. The Kier molecular flexibility index (Phi) is 4.33. The first-order chi connectivity index (χ1) is 10.2. The molecule has 118 valence electrons. The zero-order valence-electron chi connectivity index (χ0n) is 14.0. The third kappa shape index (κ3) is 2.88. The average Bonchev–Trinajstić information content (AvgIpc) is 2.83. The molecule has 0 aromatic carbocycles. The number of carbonyl (C=O) groups is 2. The van der Waals surface area contributed by atoms with E-state index in [1.807, 2.05) is 20.8 Å². The molecular formula is C19H24O3. The van der Waals surface area contributed by atoms with E-state index in [0.717, 1.165) is 5.57 Å². The van der Waals surface area contributed by atoms with E-state index >= 15 is 0 Å². The van der Waals surface area contributed by atoms with Gasteiger partial charge in [-0.1, -0.05) is 25.5 Å². The summed E-state index contributed by atoms with van der Waals surface area (Å²) >= 11 is 0. The third-order valence-electron chi connectivity index (χ3n) is 4.88. The number of rotatable bonds is 4. The molecule has 3 atom stereocenters. The van der Waals surface area contributed by atoms with Gasteiger partial charge in [-0.3, -0.25) is 9.59 Å². The number of terminal acetylenes is 1. The number of allylic oxidation sites excluding steroid dienone is 3. The normalized spacial score (nSPS) is 29.1. The molecule has 0 spiro atoms. The van der Waals surface area contributed by atoms with Crippen molar-refractivity contribution in [1.29, 1.82) is 0 Å². The Balaban J connectivity index is 2.07. The van der Waals surface area contributed by atoms with Crippen molar-refractivity contribution in [2.24, 2.45) is 17.3 Å². The summed E-state index contributed by atoms with van der Waals surface area (Å²) in [5, 5.41) is 0. The number of hydrogen-bond acceptors (Lipinski definition) is 3. The van der Waals surface area contributed by atoms with Crippen molar-refractivity contribution in [2.75, 3.05) is 0 Å². The second-order valence-electron chi connectivity index (χ2n) is 7.16. The highest BCUT2D eigenvalue weighted by Crippen LogP contribution is 2.60. The minimum atomic E-state index is -0.438. The first-order valence-electron chi connectivity index (χ1n) is 7.72. The van der Waals surface area contributed by atoms with E-state index in [-0.39, 0.29) is 35.4 Å². The summed E-state index contributed by atoms with van der Waals surface area (Å²) in [5.74, 6) is 2.39. The van der Waals surface area contributed by atoms with Crippen LogP contribution in [0, 0.1) is 29.6 Å². The first-order valence-corrected chi connectivity index (χ1v) is 7.72. The summed E-state index contributed by atoms with van der Waals surface area (Å²) in [6.45, 7) is 10.1. The van der Waals surface area contributed by atoms with Crippen LogP contribution in [-0.2, 0) is 14.3 Å². The molecule has 2 aliphatic rings. The Morgan fingerprint density at radius 2 is 2.09 bits per heavy atom. The molecule has 3 nitrogen and oxygen atoms in total. The van der Waals surface area contributed by atoms with Gasteiger partial charge in [-0.15, -0.1) is 12.3 Å². The Hall–Kier alpha value is -1.82. The summed E-state index contributed by atoms with van der Waals surface area (Å²) in [4.78, 5) is 24.4. The smallest absolute Gasteiger partial charge is 0.310 e. The van der Waals surface area contributed by atoms with Gasteiger partial charge < -0.3 is 4.74 Å². The highest BCUT2D eigenvalue weighted by molar-refractivity contribution is 6.00. The number of esters is 1. The largest absolute Gasteiger partial charge is 0.457 e. The van der Waals surface area contributed by atoms with Gasteiger partial charge in [0.25, 0.3) is 0 Å². The van der Waals surface area contributed by atoms with Gasteiger partial charge in [-0.2, -0.15) is 0 Å². The quantitative estimate of drug-likeness (QED) is 0.454. The standard InChI is InChI=1S/C19H24O3/c1-7-8-13-12(4)16(10-15(13)20)22-18(21)17-14(9-11(2)3)19(17,5)6/h1,9,14,16-17H,8,10H2,2-6H3/t14?,16-,17?/m1/s1. The lowest BCUT2D eigenvalue weighted by Gasteiger charge is -2.13. The molecule has 2 unspecified atom stereocenters. The van der Waals surface area contributed by atoms with Crippen molar-refractivity contribution in [1.82, 2.24) is 0 Å². The monoisotopic (exact) mass is 300 g/mol. The number of ketones is 1. The summed E-state index contributed by atoms with van der Waals surface area (Å²) in [7, 11) is 0. The van der Waals surface area contributed by atoms with E-state index in [4.69, 9.17) is 11.2 Å². The molecule has 1 saturated carbocycles. The summed E-state index contributed by atoms with van der Waals surface area (Å²) < 4.78 is 5.63. The van der Waals surface area contributed by atoms with E-state index < -0.39 is 6.10 Å². The van der Waals surface area contributed by atoms with Crippen molar-refractivity contribution < 1.29 is 14.3 Å². The molecule has 22 heavy (non-hydrogen) atoms. The fourth-order valence-corrected chi connectivity index (χ4v) is 3.34. The predicted molar refractivity (Wildman–Crippen MR) is 85.8 cm³/mol. The van der Waals surface area contributed by atoms with Crippen molar-refractivity contribution >= 4 is 11.8 Å². The number of carbonyl (C=O) groups excluding carboxylic acids is 2. The van der Waals surface area contributed by atoms with Crippen molar-refractivity contribution in [2.45, 2.75) is 53.6 Å². The maximum absolute atomic E-state index is 12.5. The van der Waals surface area contributed by atoms with Gasteiger partial charge in [-0.05, 0) is 37.7 Å². The SMILES string of the molecule is C#CCC1=C(C)[C@H](OC(=O)C2C(C=C(C)C)C2(C)C)CC1=O. The lowest BCUT2D eigenvalue weighted by Crippen LogP contribution is -2.20. The van der Waals surface area contributed by atoms with E-state index in [2.05, 4.69) is 25.8 Å². The van der Waals surface area contributed by atoms with Crippen LogP contribution in [0.4, 0.5) is 0 Å². The molecule has 0 bridgehead atoms. The van der Waals surface area contributed by atoms with Crippen molar-refractivity contribution in [3.63, 3.8) is 0 Å². The maximum atomic E-state index is 12.5. The van der Waals surface area contributed by atoms with Gasteiger partial charge in [0.05, 0.1) is 12.3 Å². The Bertz CT molecular complexity index is 609. The minimum absolute atomic E-state index is 0.00385. The second kappa shape index (κ2) is 5.76. The maximum Gasteiger partial charge on any atom is 0.310 e. The summed E-state index contributed by atoms with van der Waals surface area (Å²) in [5.41, 5.74) is 2.58. The Labute approximate surface area is 132 Å². The number of Topliss-reactive ketones (excluding diaryl/α,β-unsaturated/α-hetero) is 1. The molecule has 0 aromatic heterocycles. The lowest BCUT2D eigenvalue weighted by atomic mass is 10.1. The molecule has 3 heteroatoms. The van der Waals surface area contributed by atoms with E-state index in [0.29, 0.717) is 12.0 Å². The van der Waals surface area contributed by atoms with Crippen LogP contribution in [0.1, 0.15) is 47.5 Å². The van der Waals surface area contributed by atoms with Crippen LogP contribution < -0.4 is 0 Å². The van der Waals surface area contributed by atoms with Crippen LogP contribution in [0.25, 0.3) is 0 Å². The molecule has 0 saturated heterocycles. The molecule has 0 heterocycles. The zero-order valence-corrected chi connectivity index (χ0v) is 14.0. The van der Waals surface area contributed by atoms with Gasteiger partial charge in [0.1, 0.15) is 6.10 Å². The molecule has 0 amide bonds. The van der Waals surface area contributed by atoms with Gasteiger partial charge in [0.2, 0.25) is 0 Å². The Morgan fingerprint density at radius 3 is 2.64 bits per heavy atom. The highest BCUT2D eigenvalue weighted by Gasteiger charge is 2.61. The Morgan fingerprint density at radius 1 is 1.45 bits per heavy atom. The average molecular weight is 300 g/mol. The van der Waals surface area contributed by atoms with Crippen LogP contribution >= 0.6 is 0 Å². The molecule has 0 radical (unpaired) electrons. The molecule has 0 N–H and O–H groups in total. The third-order valence-corrected chi connectivity index (χ3v) is 4.88. The molecule has 1 fully saturated rings. The van der Waals surface area contributed by atoms with Crippen LogP contribution in [-0.4, -0.2) is 17.9 Å². The van der Waals surface area contributed by atoms with Crippen molar-refractivity contribution in [3.8, 4) is 12.3 Å². The number of hydrogen-bond donors (Lipinski definition) is 0. The van der Waals surface area contributed by atoms with Gasteiger partial charge in [0, 0.05) is 12.0 Å². The van der Waals surface area contributed by atoms with Crippen LogP contribution in [0.5, 0.6) is 0 Å². The van der Waals surface area contributed by atoms with Gasteiger partial charge >= 0.3 is 5.97 Å². The van der Waals surface area contributed by atoms with Crippen molar-refractivity contribution in [3.05, 3.63) is 22.8 Å². The van der Waals surface area contributed by atoms with Gasteiger partial charge in [-0.25, -0.2) is 0 Å². The van der Waals surface area contributed by atoms with Crippen LogP contribution in [0.2, 0.25) is 0 Å². The topological polar surface area (TPSA) is 43.4 Å². The first kappa shape index (κ1) is 16.5. The fraction of sp³-hybridized carbons (Fsp3) is 0.579. The van der Waals surface area contributed by atoms with E-state index in [9.17, 15) is 9.59 Å². The predicted octanol–water partition coefficient (Wildman–Crippen LogP) is 3.45. The minimum Gasteiger partial charge on any atom is -0.457 e. The molecule has 2 aliphatic carbocycles. The molecule has 0 aromatic rings. The zero-order chi connectivity index (χ0) is 16.7. The molecule has 2 rings (SSSR count). The fourth-order valence-electron chi connectivity index (χ4n) is 3.34. The van der Waals surface area contributed by atoms with E-state index in [1.165, 1.54) is 5.57 Å².